The van der Waals surface area contributed by atoms with Crippen molar-refractivity contribution < 1.29 is 31.9 Å². The van der Waals surface area contributed by atoms with Crippen molar-refractivity contribution in [3.63, 3.8) is 0 Å². The molecule has 0 aromatic heterocycles. The molecule has 0 bridgehead atoms. The molecular formula is C16H18F2N2O5S. The molecule has 1 heterocycles. The number of hydrogen-bond donors (Lipinski definition) is 1. The van der Waals surface area contributed by atoms with Crippen LogP contribution in [0.25, 0.3) is 0 Å². The highest BCUT2D eigenvalue weighted by Crippen LogP contribution is 2.36. The Balaban J connectivity index is 1.66. The Labute approximate surface area is 149 Å². The van der Waals surface area contributed by atoms with Gasteiger partial charge >= 0.3 is 5.97 Å². The molecule has 1 saturated carbocycles. The third kappa shape index (κ3) is 3.30. The number of carboxylic acid groups (broad SMARTS) is 1. The van der Waals surface area contributed by atoms with Gasteiger partial charge in [-0.15, -0.1) is 0 Å². The van der Waals surface area contributed by atoms with Gasteiger partial charge in [0.15, 0.2) is 0 Å². The maximum absolute atomic E-state index is 13.8. The molecule has 1 aromatic carbocycles. The van der Waals surface area contributed by atoms with Gasteiger partial charge < -0.3 is 10.0 Å². The van der Waals surface area contributed by atoms with Crippen molar-refractivity contribution in [2.45, 2.75) is 17.7 Å². The van der Waals surface area contributed by atoms with E-state index < -0.39 is 44.4 Å². The fourth-order valence-electron chi connectivity index (χ4n) is 3.30. The molecule has 2 unspecified atom stereocenters. The second kappa shape index (κ2) is 6.92. The third-order valence-corrected chi connectivity index (χ3v) is 6.90. The third-order valence-electron chi connectivity index (χ3n) is 4.97. The van der Waals surface area contributed by atoms with Gasteiger partial charge in [-0.05, 0) is 25.0 Å². The molecule has 1 aromatic rings. The Morgan fingerprint density at radius 2 is 1.65 bits per heavy atom. The number of amides is 1. The molecule has 7 nitrogen and oxygen atoms in total. The van der Waals surface area contributed by atoms with E-state index in [0.29, 0.717) is 18.9 Å². The lowest BCUT2D eigenvalue weighted by molar-refractivity contribution is -0.157. The molecule has 142 valence electrons. The summed E-state index contributed by atoms with van der Waals surface area (Å²) in [5, 5.41) is 9.05. The highest BCUT2D eigenvalue weighted by atomic mass is 32.2. The van der Waals surface area contributed by atoms with Crippen molar-refractivity contribution in [2.24, 2.45) is 11.8 Å². The van der Waals surface area contributed by atoms with Crippen LogP contribution >= 0.6 is 0 Å². The first-order chi connectivity index (χ1) is 12.2. The summed E-state index contributed by atoms with van der Waals surface area (Å²) in [5.74, 6) is -4.56. The molecule has 0 radical (unpaired) electrons. The average Bonchev–Trinajstić information content (AvgIpc) is 2.53. The standard InChI is InChI=1S/C16H18F2N2O5S/c17-10-1-4-14(13(18)9-10)26(24,25)20-7-5-19(6-8-20)15(21)11-2-3-12(11)16(22)23/h1,4,9,11-12H,2-3,5-8H2,(H,22,23). The lowest BCUT2D eigenvalue weighted by Gasteiger charge is -2.40. The van der Waals surface area contributed by atoms with Gasteiger partial charge in [-0.25, -0.2) is 17.2 Å². The highest BCUT2D eigenvalue weighted by molar-refractivity contribution is 7.89. The number of halogens is 2. The van der Waals surface area contributed by atoms with Gasteiger partial charge in [0.25, 0.3) is 0 Å². The van der Waals surface area contributed by atoms with Crippen molar-refractivity contribution in [2.75, 3.05) is 26.2 Å². The average molecular weight is 388 g/mol. The Morgan fingerprint density at radius 3 is 2.15 bits per heavy atom. The fraction of sp³-hybridized carbons (Fsp3) is 0.500. The van der Waals surface area contributed by atoms with Gasteiger partial charge in [-0.1, -0.05) is 0 Å². The molecule has 2 fully saturated rings. The van der Waals surface area contributed by atoms with Crippen molar-refractivity contribution in [1.29, 1.82) is 0 Å². The normalized spacial score (nSPS) is 24.2. The largest absolute Gasteiger partial charge is 0.481 e. The van der Waals surface area contributed by atoms with Gasteiger partial charge in [0.05, 0.1) is 11.8 Å². The molecule has 1 N–H and O–H groups in total. The zero-order valence-corrected chi connectivity index (χ0v) is 14.6. The lowest BCUT2D eigenvalue weighted by Crippen LogP contribution is -2.54. The van der Waals surface area contributed by atoms with E-state index in [1.165, 1.54) is 4.90 Å². The van der Waals surface area contributed by atoms with Crippen LogP contribution in [0.5, 0.6) is 0 Å². The number of benzene rings is 1. The minimum atomic E-state index is -4.14. The van der Waals surface area contributed by atoms with Gasteiger partial charge in [-0.3, -0.25) is 9.59 Å². The Bertz CT molecular complexity index is 837. The molecule has 2 atom stereocenters. The SMILES string of the molecule is O=C(O)C1CCC1C(=O)N1CCN(S(=O)(=O)c2ccc(F)cc2F)CC1. The van der Waals surface area contributed by atoms with Crippen LogP contribution in [0, 0.1) is 23.5 Å². The molecule has 1 saturated heterocycles. The number of carbonyl (C=O) groups is 2. The maximum Gasteiger partial charge on any atom is 0.307 e. The molecule has 0 spiro atoms. The summed E-state index contributed by atoms with van der Waals surface area (Å²) in [6.45, 7) is 0.137. The van der Waals surface area contributed by atoms with Crippen LogP contribution in [-0.4, -0.2) is 60.8 Å². The van der Waals surface area contributed by atoms with Crippen LogP contribution in [0.3, 0.4) is 0 Å². The molecule has 1 aliphatic heterocycles. The predicted molar refractivity (Wildman–Crippen MR) is 85.5 cm³/mol. The van der Waals surface area contributed by atoms with Crippen molar-refractivity contribution in [1.82, 2.24) is 9.21 Å². The number of hydrogen-bond acceptors (Lipinski definition) is 4. The minimum Gasteiger partial charge on any atom is -0.481 e. The number of sulfonamides is 1. The Morgan fingerprint density at radius 1 is 1.04 bits per heavy atom. The minimum absolute atomic E-state index is 0.0324. The molecular weight excluding hydrogens is 370 g/mol. The van der Waals surface area contributed by atoms with E-state index in [1.54, 1.807) is 0 Å². The van der Waals surface area contributed by atoms with E-state index in [1.807, 2.05) is 0 Å². The summed E-state index contributed by atoms with van der Waals surface area (Å²) in [6, 6.07) is 2.26. The summed E-state index contributed by atoms with van der Waals surface area (Å²) in [6.07, 6.45) is 0.971. The van der Waals surface area contributed by atoms with Gasteiger partial charge in [0.1, 0.15) is 16.5 Å². The summed E-state index contributed by atoms with van der Waals surface area (Å²) < 4.78 is 52.9. The van der Waals surface area contributed by atoms with Gasteiger partial charge in [0.2, 0.25) is 15.9 Å². The smallest absolute Gasteiger partial charge is 0.307 e. The van der Waals surface area contributed by atoms with E-state index in [0.717, 1.165) is 16.4 Å². The van der Waals surface area contributed by atoms with Crippen molar-refractivity contribution in [3.05, 3.63) is 29.8 Å². The molecule has 26 heavy (non-hydrogen) atoms. The van der Waals surface area contributed by atoms with Crippen molar-refractivity contribution in [3.8, 4) is 0 Å². The first-order valence-corrected chi connectivity index (χ1v) is 9.62. The number of carboxylic acids is 1. The number of rotatable bonds is 4. The summed E-state index contributed by atoms with van der Waals surface area (Å²) in [4.78, 5) is 24.3. The zero-order chi connectivity index (χ0) is 19.1. The van der Waals surface area contributed by atoms with Gasteiger partial charge in [0, 0.05) is 32.2 Å². The lowest BCUT2D eigenvalue weighted by atomic mass is 9.73. The Hall–Kier alpha value is -2.07. The second-order valence-corrected chi connectivity index (χ2v) is 8.34. The molecule has 1 aliphatic carbocycles. The van der Waals surface area contributed by atoms with Crippen LogP contribution in [0.2, 0.25) is 0 Å². The number of carbonyl (C=O) groups excluding carboxylic acids is 1. The molecule has 1 amide bonds. The quantitative estimate of drug-likeness (QED) is 0.827. The van der Waals surface area contributed by atoms with Crippen LogP contribution in [0.1, 0.15) is 12.8 Å². The highest BCUT2D eigenvalue weighted by Gasteiger charge is 2.44. The van der Waals surface area contributed by atoms with E-state index in [4.69, 9.17) is 5.11 Å². The fourth-order valence-corrected chi connectivity index (χ4v) is 4.77. The second-order valence-electron chi connectivity index (χ2n) is 6.43. The van der Waals surface area contributed by atoms with Crippen LogP contribution in [-0.2, 0) is 19.6 Å². The summed E-state index contributed by atoms with van der Waals surface area (Å²) >= 11 is 0. The van der Waals surface area contributed by atoms with E-state index in [-0.39, 0.29) is 32.1 Å². The van der Waals surface area contributed by atoms with Crippen LogP contribution in [0.4, 0.5) is 8.78 Å². The number of nitrogens with zero attached hydrogens (tertiary/aromatic N) is 2. The van der Waals surface area contributed by atoms with Crippen LogP contribution < -0.4 is 0 Å². The zero-order valence-electron chi connectivity index (χ0n) is 13.8. The Kier molecular flexibility index (Phi) is 4.98. The maximum atomic E-state index is 13.8. The van der Waals surface area contributed by atoms with Crippen molar-refractivity contribution >= 4 is 21.9 Å². The monoisotopic (exact) mass is 388 g/mol. The van der Waals surface area contributed by atoms with Gasteiger partial charge in [-0.2, -0.15) is 4.31 Å². The molecule has 10 heteroatoms. The van der Waals surface area contributed by atoms with E-state index in [2.05, 4.69) is 0 Å². The van der Waals surface area contributed by atoms with Crippen LogP contribution in [0.15, 0.2) is 23.1 Å². The summed E-state index contributed by atoms with van der Waals surface area (Å²) in [5.41, 5.74) is 0. The first-order valence-electron chi connectivity index (χ1n) is 8.18. The predicted octanol–water partition coefficient (Wildman–Crippen LogP) is 0.909. The molecule has 3 rings (SSSR count). The number of aliphatic carboxylic acids is 1. The van der Waals surface area contributed by atoms with E-state index >= 15 is 0 Å². The molecule has 2 aliphatic rings. The first kappa shape index (κ1) is 18.7. The van der Waals surface area contributed by atoms with E-state index in [9.17, 15) is 26.8 Å². The topological polar surface area (TPSA) is 95.0 Å². The number of piperazine rings is 1. The summed E-state index contributed by atoms with van der Waals surface area (Å²) in [7, 11) is -4.14.